The molecular formula is C9H11N3OS. The highest BCUT2D eigenvalue weighted by atomic mass is 32.1. The number of aromatic nitrogens is 2. The van der Waals surface area contributed by atoms with E-state index < -0.39 is 0 Å². The molecule has 2 aromatic heterocycles. The van der Waals surface area contributed by atoms with Crippen LogP contribution in [-0.4, -0.2) is 23.1 Å². The Hall–Kier alpha value is -1.20. The summed E-state index contributed by atoms with van der Waals surface area (Å²) in [6.45, 7) is 1.25. The van der Waals surface area contributed by atoms with Gasteiger partial charge in [-0.05, 0) is 24.4 Å². The van der Waals surface area contributed by atoms with Crippen molar-refractivity contribution < 1.29 is 4.74 Å². The summed E-state index contributed by atoms with van der Waals surface area (Å²) in [5.41, 5.74) is 6.31. The van der Waals surface area contributed by atoms with Gasteiger partial charge in [0.1, 0.15) is 11.0 Å². The van der Waals surface area contributed by atoms with Crippen molar-refractivity contribution >= 4 is 21.6 Å². The van der Waals surface area contributed by atoms with E-state index in [2.05, 4.69) is 9.97 Å². The van der Waals surface area contributed by atoms with Gasteiger partial charge in [0.25, 0.3) is 0 Å². The van der Waals surface area contributed by atoms with Crippen molar-refractivity contribution in [3.05, 3.63) is 17.8 Å². The Bertz CT molecular complexity index is 415. The average Bonchev–Trinajstić information content (AvgIpc) is 2.67. The van der Waals surface area contributed by atoms with E-state index in [1.165, 1.54) is 6.33 Å². The molecule has 0 bridgehead atoms. The first kappa shape index (κ1) is 9.36. The summed E-state index contributed by atoms with van der Waals surface area (Å²) in [7, 11) is 0. The van der Waals surface area contributed by atoms with Crippen LogP contribution in [0.25, 0.3) is 10.2 Å². The molecule has 0 aliphatic carbocycles. The number of thiophene rings is 1. The molecule has 0 saturated carbocycles. The Kier molecular flexibility index (Phi) is 2.90. The van der Waals surface area contributed by atoms with Gasteiger partial charge in [0, 0.05) is 0 Å². The van der Waals surface area contributed by atoms with Gasteiger partial charge in [-0.2, -0.15) is 0 Å². The molecule has 0 aliphatic heterocycles. The fourth-order valence-corrected chi connectivity index (χ4v) is 1.91. The second-order valence-electron chi connectivity index (χ2n) is 2.80. The molecule has 0 spiro atoms. The zero-order valence-electron chi connectivity index (χ0n) is 7.64. The van der Waals surface area contributed by atoms with Gasteiger partial charge in [-0.15, -0.1) is 11.3 Å². The van der Waals surface area contributed by atoms with Crippen LogP contribution in [0, 0.1) is 0 Å². The molecule has 2 aromatic rings. The summed E-state index contributed by atoms with van der Waals surface area (Å²) in [5.74, 6) is 0.665. The van der Waals surface area contributed by atoms with E-state index in [-0.39, 0.29) is 0 Å². The molecule has 0 fully saturated rings. The van der Waals surface area contributed by atoms with E-state index >= 15 is 0 Å². The second kappa shape index (κ2) is 4.34. The smallest absolute Gasteiger partial charge is 0.234 e. The number of nitrogens with two attached hydrogens (primary N) is 1. The zero-order chi connectivity index (χ0) is 9.80. The standard InChI is InChI=1S/C9H11N3OS/c10-3-1-4-13-9-8-7(2-5-14-8)11-6-12-9/h2,5-6H,1,3-4,10H2. The molecule has 0 aliphatic rings. The number of ether oxygens (including phenoxy) is 1. The van der Waals surface area contributed by atoms with Gasteiger partial charge in [0.2, 0.25) is 5.88 Å². The third-order valence-corrected chi connectivity index (χ3v) is 2.69. The van der Waals surface area contributed by atoms with Gasteiger partial charge in [-0.1, -0.05) is 0 Å². The van der Waals surface area contributed by atoms with Crippen molar-refractivity contribution in [3.63, 3.8) is 0 Å². The summed E-state index contributed by atoms with van der Waals surface area (Å²) in [4.78, 5) is 8.21. The minimum atomic E-state index is 0.612. The first-order valence-electron chi connectivity index (χ1n) is 4.43. The van der Waals surface area contributed by atoms with Crippen LogP contribution >= 0.6 is 11.3 Å². The van der Waals surface area contributed by atoms with E-state index in [1.54, 1.807) is 11.3 Å². The fraction of sp³-hybridized carbons (Fsp3) is 0.333. The first-order chi connectivity index (χ1) is 6.92. The summed E-state index contributed by atoms with van der Waals surface area (Å²) in [6, 6.07) is 1.96. The molecule has 4 nitrogen and oxygen atoms in total. The van der Waals surface area contributed by atoms with E-state index in [0.717, 1.165) is 16.6 Å². The van der Waals surface area contributed by atoms with Crippen LogP contribution < -0.4 is 10.5 Å². The molecule has 2 heterocycles. The van der Waals surface area contributed by atoms with Crippen LogP contribution in [0.15, 0.2) is 17.8 Å². The number of rotatable bonds is 4. The SMILES string of the molecule is NCCCOc1ncnc2ccsc12. The third kappa shape index (κ3) is 1.83. The van der Waals surface area contributed by atoms with Crippen LogP contribution in [0.5, 0.6) is 5.88 Å². The van der Waals surface area contributed by atoms with Crippen molar-refractivity contribution in [3.8, 4) is 5.88 Å². The van der Waals surface area contributed by atoms with Crippen LogP contribution in [0.2, 0.25) is 0 Å². The number of hydrogen-bond donors (Lipinski definition) is 1. The molecule has 0 aromatic carbocycles. The monoisotopic (exact) mass is 209 g/mol. The minimum Gasteiger partial charge on any atom is -0.477 e. The van der Waals surface area contributed by atoms with E-state index in [0.29, 0.717) is 19.0 Å². The second-order valence-corrected chi connectivity index (χ2v) is 3.72. The van der Waals surface area contributed by atoms with Crippen molar-refractivity contribution in [1.82, 2.24) is 9.97 Å². The van der Waals surface area contributed by atoms with E-state index in [9.17, 15) is 0 Å². The highest BCUT2D eigenvalue weighted by Crippen LogP contribution is 2.26. The lowest BCUT2D eigenvalue weighted by atomic mass is 10.4. The summed E-state index contributed by atoms with van der Waals surface area (Å²) in [6.07, 6.45) is 2.36. The largest absolute Gasteiger partial charge is 0.477 e. The van der Waals surface area contributed by atoms with Crippen molar-refractivity contribution in [2.75, 3.05) is 13.2 Å². The number of hydrogen-bond acceptors (Lipinski definition) is 5. The minimum absolute atomic E-state index is 0.612. The van der Waals surface area contributed by atoms with Crippen LogP contribution in [0.3, 0.4) is 0 Å². The van der Waals surface area contributed by atoms with Gasteiger partial charge in [0.05, 0.1) is 12.1 Å². The Morgan fingerprint density at radius 1 is 1.43 bits per heavy atom. The Balaban J connectivity index is 2.19. The maximum atomic E-state index is 5.50. The van der Waals surface area contributed by atoms with Gasteiger partial charge >= 0.3 is 0 Å². The Labute approximate surface area is 85.7 Å². The molecular weight excluding hydrogens is 198 g/mol. The molecule has 74 valence electrons. The third-order valence-electron chi connectivity index (χ3n) is 1.80. The normalized spacial score (nSPS) is 10.6. The van der Waals surface area contributed by atoms with Gasteiger partial charge in [-0.3, -0.25) is 0 Å². The lowest BCUT2D eigenvalue weighted by molar-refractivity contribution is 0.305. The van der Waals surface area contributed by atoms with Crippen LogP contribution in [0.4, 0.5) is 0 Å². The molecule has 2 rings (SSSR count). The molecule has 14 heavy (non-hydrogen) atoms. The molecule has 0 saturated heterocycles. The molecule has 2 N–H and O–H groups in total. The van der Waals surface area contributed by atoms with Crippen molar-refractivity contribution in [2.45, 2.75) is 6.42 Å². The predicted molar refractivity (Wildman–Crippen MR) is 56.6 cm³/mol. The highest BCUT2D eigenvalue weighted by molar-refractivity contribution is 7.17. The van der Waals surface area contributed by atoms with Crippen molar-refractivity contribution in [2.24, 2.45) is 5.73 Å². The van der Waals surface area contributed by atoms with Gasteiger partial charge in [0.15, 0.2) is 0 Å². The Morgan fingerprint density at radius 2 is 2.36 bits per heavy atom. The van der Waals surface area contributed by atoms with Crippen molar-refractivity contribution in [1.29, 1.82) is 0 Å². The molecule has 0 unspecified atom stereocenters. The van der Waals surface area contributed by atoms with Crippen LogP contribution in [-0.2, 0) is 0 Å². The van der Waals surface area contributed by atoms with Gasteiger partial charge < -0.3 is 10.5 Å². The summed E-state index contributed by atoms with van der Waals surface area (Å²) >= 11 is 1.59. The lowest BCUT2D eigenvalue weighted by Crippen LogP contribution is -2.06. The first-order valence-corrected chi connectivity index (χ1v) is 5.31. The lowest BCUT2D eigenvalue weighted by Gasteiger charge is -2.03. The maximum Gasteiger partial charge on any atom is 0.234 e. The molecule has 0 amide bonds. The van der Waals surface area contributed by atoms with Crippen LogP contribution in [0.1, 0.15) is 6.42 Å². The van der Waals surface area contributed by atoms with Gasteiger partial charge in [-0.25, -0.2) is 9.97 Å². The molecule has 5 heteroatoms. The molecule has 0 atom stereocenters. The average molecular weight is 209 g/mol. The zero-order valence-corrected chi connectivity index (χ0v) is 8.46. The topological polar surface area (TPSA) is 61.0 Å². The van der Waals surface area contributed by atoms with E-state index in [1.807, 2.05) is 11.4 Å². The van der Waals surface area contributed by atoms with E-state index in [4.69, 9.17) is 10.5 Å². The maximum absolute atomic E-state index is 5.50. The summed E-state index contributed by atoms with van der Waals surface area (Å²) in [5, 5.41) is 1.98. The predicted octanol–water partition coefficient (Wildman–Crippen LogP) is 1.42. The highest BCUT2D eigenvalue weighted by Gasteiger charge is 2.04. The number of nitrogens with zero attached hydrogens (tertiary/aromatic N) is 2. The number of fused-ring (bicyclic) bond motifs is 1. The fourth-order valence-electron chi connectivity index (χ4n) is 1.12. The molecule has 0 radical (unpaired) electrons. The summed E-state index contributed by atoms with van der Waals surface area (Å²) < 4.78 is 6.50. The quantitative estimate of drug-likeness (QED) is 0.773. The Morgan fingerprint density at radius 3 is 3.21 bits per heavy atom.